The second-order valence-electron chi connectivity index (χ2n) is 6.79. The van der Waals surface area contributed by atoms with E-state index in [0.717, 1.165) is 12.8 Å². The Labute approximate surface area is 151 Å². The van der Waals surface area contributed by atoms with Gasteiger partial charge in [0.15, 0.2) is 0 Å². The van der Waals surface area contributed by atoms with Crippen molar-refractivity contribution in [2.45, 2.75) is 38.5 Å². The van der Waals surface area contributed by atoms with E-state index in [-0.39, 0.29) is 0 Å². The molecular weight excluding hydrogens is 328 g/mol. The van der Waals surface area contributed by atoms with Crippen LogP contribution in [0.5, 0.6) is 0 Å². The van der Waals surface area contributed by atoms with Crippen LogP contribution in [0.4, 0.5) is 0 Å². The molecule has 0 bridgehead atoms. The van der Waals surface area contributed by atoms with Crippen LogP contribution in [0.25, 0.3) is 20.9 Å². The minimum atomic E-state index is 1.10. The van der Waals surface area contributed by atoms with Gasteiger partial charge < -0.3 is 0 Å². The van der Waals surface area contributed by atoms with Crippen LogP contribution in [0.2, 0.25) is 0 Å². The third-order valence-corrected chi connectivity index (χ3v) is 7.81. The van der Waals surface area contributed by atoms with Crippen molar-refractivity contribution in [3.63, 3.8) is 0 Å². The summed E-state index contributed by atoms with van der Waals surface area (Å²) in [5.41, 5.74) is 6.15. The SMILES string of the molecule is C1=CCC(c2cc3c(s2)-c2sc(C4=CC=CC4)cc2CCCC3)=C1. The van der Waals surface area contributed by atoms with Gasteiger partial charge in [-0.15, -0.1) is 22.7 Å². The zero-order valence-electron chi connectivity index (χ0n) is 13.7. The molecule has 2 aromatic heterocycles. The summed E-state index contributed by atoms with van der Waals surface area (Å²) >= 11 is 4.04. The number of aryl methyl sites for hydroxylation is 2. The van der Waals surface area contributed by atoms with Crippen LogP contribution in [0, 0.1) is 0 Å². The van der Waals surface area contributed by atoms with Crippen molar-refractivity contribution in [2.75, 3.05) is 0 Å². The molecule has 0 unspecified atom stereocenters. The quantitative estimate of drug-likeness (QED) is 0.546. The number of hydrogen-bond acceptors (Lipinski definition) is 2. The molecule has 5 rings (SSSR count). The van der Waals surface area contributed by atoms with Crippen molar-refractivity contribution in [2.24, 2.45) is 0 Å². The molecular formula is C22H20S2. The van der Waals surface area contributed by atoms with Gasteiger partial charge in [0.05, 0.1) is 0 Å². The standard InChI is InChI=1S/C22H20S2/c1-2-8-15(7-1)19-13-17-11-5-6-12-18-14-20(16-9-3-4-10-16)24-22(18)21(17)23-19/h1-4,7,9,13-14H,5-6,8,10-12H2. The average Bonchev–Trinajstić information content (AvgIpc) is 3.36. The van der Waals surface area contributed by atoms with E-state index < -0.39 is 0 Å². The minimum absolute atomic E-state index is 1.10. The number of allylic oxidation sites excluding steroid dienone is 8. The number of rotatable bonds is 2. The molecule has 0 radical (unpaired) electrons. The van der Waals surface area contributed by atoms with Gasteiger partial charge in [-0.3, -0.25) is 0 Å². The summed E-state index contributed by atoms with van der Waals surface area (Å²) in [6, 6.07) is 4.95. The predicted molar refractivity (Wildman–Crippen MR) is 108 cm³/mol. The van der Waals surface area contributed by atoms with E-state index >= 15 is 0 Å². The first-order chi connectivity index (χ1) is 11.9. The molecule has 0 nitrogen and oxygen atoms in total. The summed E-state index contributed by atoms with van der Waals surface area (Å²) < 4.78 is 0. The molecule has 0 aliphatic heterocycles. The van der Waals surface area contributed by atoms with Gasteiger partial charge in [-0.2, -0.15) is 0 Å². The van der Waals surface area contributed by atoms with Gasteiger partial charge in [0.25, 0.3) is 0 Å². The fourth-order valence-electron chi connectivity index (χ4n) is 3.82. The molecule has 2 heterocycles. The van der Waals surface area contributed by atoms with Crippen molar-refractivity contribution >= 4 is 33.8 Å². The molecule has 3 aliphatic carbocycles. The van der Waals surface area contributed by atoms with Gasteiger partial charge in [0.1, 0.15) is 0 Å². The van der Waals surface area contributed by atoms with Gasteiger partial charge in [0, 0.05) is 19.5 Å². The normalized spacial score (nSPS) is 18.8. The first kappa shape index (κ1) is 14.7. The van der Waals surface area contributed by atoms with Gasteiger partial charge in [0.2, 0.25) is 0 Å². The van der Waals surface area contributed by atoms with E-state index in [1.54, 1.807) is 20.9 Å². The lowest BCUT2D eigenvalue weighted by Crippen LogP contribution is -1.94. The predicted octanol–water partition coefficient (Wildman–Crippen LogP) is 7.04. The highest BCUT2D eigenvalue weighted by Crippen LogP contribution is 2.46. The second kappa shape index (κ2) is 6.02. The Morgan fingerprint density at radius 2 is 1.17 bits per heavy atom. The topological polar surface area (TPSA) is 0 Å². The molecule has 2 heteroatoms. The van der Waals surface area contributed by atoms with Crippen LogP contribution in [0.15, 0.2) is 48.6 Å². The summed E-state index contributed by atoms with van der Waals surface area (Å²) in [7, 11) is 0. The average molecular weight is 349 g/mol. The van der Waals surface area contributed by atoms with E-state index in [0.29, 0.717) is 0 Å². The maximum atomic E-state index is 2.48. The molecule has 120 valence electrons. The summed E-state index contributed by atoms with van der Waals surface area (Å²) in [5, 5.41) is 0. The Hall–Kier alpha value is -1.64. The molecule has 24 heavy (non-hydrogen) atoms. The van der Waals surface area contributed by atoms with E-state index in [1.165, 1.54) is 46.6 Å². The largest absolute Gasteiger partial charge is 0.134 e. The molecule has 0 aromatic carbocycles. The highest BCUT2D eigenvalue weighted by molar-refractivity contribution is 7.23. The zero-order chi connectivity index (χ0) is 15.9. The van der Waals surface area contributed by atoms with E-state index in [4.69, 9.17) is 0 Å². The van der Waals surface area contributed by atoms with Gasteiger partial charge in [-0.05, 0) is 72.9 Å². The summed E-state index contributed by atoms with van der Waals surface area (Å²) in [6.45, 7) is 0. The number of thiophene rings is 2. The molecule has 0 atom stereocenters. The lowest BCUT2D eigenvalue weighted by Gasteiger charge is -2.09. The first-order valence-electron chi connectivity index (χ1n) is 8.86. The second-order valence-corrected chi connectivity index (χ2v) is 8.89. The maximum Gasteiger partial charge on any atom is 0.0484 e. The smallest absolute Gasteiger partial charge is 0.0484 e. The van der Waals surface area contributed by atoms with Gasteiger partial charge in [-0.25, -0.2) is 0 Å². The van der Waals surface area contributed by atoms with Crippen molar-refractivity contribution < 1.29 is 0 Å². The van der Waals surface area contributed by atoms with Crippen molar-refractivity contribution in [1.82, 2.24) is 0 Å². The summed E-state index contributed by atoms with van der Waals surface area (Å²) in [6.07, 6.45) is 20.8. The van der Waals surface area contributed by atoms with Crippen molar-refractivity contribution in [1.29, 1.82) is 0 Å². The van der Waals surface area contributed by atoms with E-state index in [2.05, 4.69) is 48.6 Å². The van der Waals surface area contributed by atoms with Crippen molar-refractivity contribution in [3.8, 4) is 9.75 Å². The lowest BCUT2D eigenvalue weighted by molar-refractivity contribution is 0.733. The minimum Gasteiger partial charge on any atom is -0.134 e. The number of hydrogen-bond donors (Lipinski definition) is 0. The van der Waals surface area contributed by atoms with Gasteiger partial charge in [-0.1, -0.05) is 36.5 Å². The van der Waals surface area contributed by atoms with Crippen LogP contribution in [-0.4, -0.2) is 0 Å². The molecule has 3 aliphatic rings. The van der Waals surface area contributed by atoms with E-state index in [1.807, 2.05) is 22.7 Å². The van der Waals surface area contributed by atoms with Crippen LogP contribution in [-0.2, 0) is 12.8 Å². The third-order valence-electron chi connectivity index (χ3n) is 5.14. The molecule has 0 amide bonds. The van der Waals surface area contributed by atoms with Gasteiger partial charge >= 0.3 is 0 Å². The summed E-state index contributed by atoms with van der Waals surface area (Å²) in [4.78, 5) is 6.06. The van der Waals surface area contributed by atoms with Crippen LogP contribution in [0.1, 0.15) is 46.6 Å². The Morgan fingerprint density at radius 1 is 0.667 bits per heavy atom. The molecule has 0 fully saturated rings. The van der Waals surface area contributed by atoms with Crippen LogP contribution >= 0.6 is 22.7 Å². The fourth-order valence-corrected chi connectivity index (χ4v) is 6.51. The Morgan fingerprint density at radius 3 is 1.58 bits per heavy atom. The fraction of sp³-hybridized carbons (Fsp3) is 0.273. The summed E-state index contributed by atoms with van der Waals surface area (Å²) in [5.74, 6) is 0. The monoisotopic (exact) mass is 348 g/mol. The zero-order valence-corrected chi connectivity index (χ0v) is 15.3. The van der Waals surface area contributed by atoms with Crippen molar-refractivity contribution in [3.05, 3.63) is 69.5 Å². The highest BCUT2D eigenvalue weighted by atomic mass is 32.1. The Balaban J connectivity index is 1.61. The molecule has 0 N–H and O–H groups in total. The third kappa shape index (κ3) is 2.49. The molecule has 0 saturated heterocycles. The van der Waals surface area contributed by atoms with Crippen LogP contribution < -0.4 is 0 Å². The Kier molecular flexibility index (Phi) is 3.68. The lowest BCUT2D eigenvalue weighted by atomic mass is 9.98. The molecule has 0 spiro atoms. The first-order valence-corrected chi connectivity index (χ1v) is 10.5. The highest BCUT2D eigenvalue weighted by Gasteiger charge is 2.21. The number of fused-ring (bicyclic) bond motifs is 3. The molecule has 0 saturated carbocycles. The Bertz CT molecular complexity index is 836. The van der Waals surface area contributed by atoms with Crippen LogP contribution in [0.3, 0.4) is 0 Å². The molecule has 2 aromatic rings. The van der Waals surface area contributed by atoms with E-state index in [9.17, 15) is 0 Å². The maximum absolute atomic E-state index is 2.48.